The molecule has 0 spiro atoms. The molecular weight excluding hydrogens is 374 g/mol. The highest BCUT2D eigenvalue weighted by molar-refractivity contribution is 5.76. The summed E-state index contributed by atoms with van der Waals surface area (Å²) in [5.74, 6) is 0.405. The van der Waals surface area contributed by atoms with E-state index < -0.39 is 0 Å². The first kappa shape index (κ1) is 22.3. The summed E-state index contributed by atoms with van der Waals surface area (Å²) in [5.41, 5.74) is 5.91. The minimum atomic E-state index is 0.184. The van der Waals surface area contributed by atoms with Crippen molar-refractivity contribution in [3.63, 3.8) is 0 Å². The van der Waals surface area contributed by atoms with Gasteiger partial charge in [-0.3, -0.25) is 19.4 Å². The van der Waals surface area contributed by atoms with Gasteiger partial charge < -0.3 is 4.90 Å². The van der Waals surface area contributed by atoms with E-state index in [0.29, 0.717) is 12.5 Å². The van der Waals surface area contributed by atoms with E-state index in [1.165, 1.54) is 16.7 Å². The Hall–Kier alpha value is -2.40. The van der Waals surface area contributed by atoms with Crippen molar-refractivity contribution in [1.82, 2.24) is 14.7 Å². The molecule has 0 aromatic carbocycles. The molecule has 2 heterocycles. The van der Waals surface area contributed by atoms with Crippen LogP contribution < -0.4 is 0 Å². The van der Waals surface area contributed by atoms with Gasteiger partial charge in [0, 0.05) is 44.0 Å². The van der Waals surface area contributed by atoms with Gasteiger partial charge in [-0.15, -0.1) is 0 Å². The summed E-state index contributed by atoms with van der Waals surface area (Å²) in [6.07, 6.45) is 12.5. The third-order valence-electron chi connectivity index (χ3n) is 6.70. The normalized spacial score (nSPS) is 25.7. The standard InChI is InChI=1S/C25H35N3O2/c1-6-9-21-22-12-19(16-28(17-29)18(22)4)10-11-24-23(21)13-20(15-26(24)5)14-25(30)27(7-2)8-3/h6,9,13,16-17,20,24H,1,7-8,10-12,14-15H2,2-5H3/b21-9+. The molecule has 0 N–H and O–H groups in total. The molecular formula is C25H35N3O2. The molecule has 5 nitrogen and oxygen atoms in total. The molecule has 3 rings (SSSR count). The van der Waals surface area contributed by atoms with Crippen molar-refractivity contribution in [3.05, 3.63) is 59.0 Å². The SMILES string of the molecule is C=C/C=C1/C2=CC(CC(=O)N(CC)CC)CN(C)C2CCC2=CN(C=O)C(C)=C1C2. The quantitative estimate of drug-likeness (QED) is 0.622. The Kier molecular flexibility index (Phi) is 7.14. The van der Waals surface area contributed by atoms with Crippen molar-refractivity contribution in [3.8, 4) is 0 Å². The lowest BCUT2D eigenvalue weighted by Crippen LogP contribution is -2.43. The van der Waals surface area contributed by atoms with Gasteiger partial charge in [-0.05, 0) is 75.3 Å². The molecule has 5 heteroatoms. The average molecular weight is 410 g/mol. The van der Waals surface area contributed by atoms with Gasteiger partial charge in [0.05, 0.1) is 0 Å². The van der Waals surface area contributed by atoms with E-state index in [4.69, 9.17) is 0 Å². The fourth-order valence-electron chi connectivity index (χ4n) is 5.06. The Morgan fingerprint density at radius 3 is 2.70 bits per heavy atom. The molecule has 2 amide bonds. The lowest BCUT2D eigenvalue weighted by atomic mass is 9.76. The summed E-state index contributed by atoms with van der Waals surface area (Å²) in [4.78, 5) is 30.4. The number of likely N-dealkylation sites (N-methyl/N-ethyl adjacent to an activating group) is 1. The smallest absolute Gasteiger partial charge is 0.223 e. The van der Waals surface area contributed by atoms with Crippen molar-refractivity contribution in [2.24, 2.45) is 5.92 Å². The first-order valence-electron chi connectivity index (χ1n) is 11.1. The zero-order chi connectivity index (χ0) is 21.8. The molecule has 1 saturated carbocycles. The van der Waals surface area contributed by atoms with Crippen molar-refractivity contribution >= 4 is 12.3 Å². The second-order valence-electron chi connectivity index (χ2n) is 8.50. The molecule has 2 atom stereocenters. The fraction of sp³-hybridized carbons (Fsp3) is 0.520. The van der Waals surface area contributed by atoms with Gasteiger partial charge in [0.25, 0.3) is 0 Å². The van der Waals surface area contributed by atoms with Gasteiger partial charge in [0.15, 0.2) is 0 Å². The van der Waals surface area contributed by atoms with Gasteiger partial charge in [-0.1, -0.05) is 24.8 Å². The van der Waals surface area contributed by atoms with Crippen LogP contribution in [-0.4, -0.2) is 59.7 Å². The molecule has 3 aliphatic rings. The van der Waals surface area contributed by atoms with Crippen molar-refractivity contribution in [2.45, 2.75) is 52.5 Å². The minimum absolute atomic E-state index is 0.184. The number of hydrogen-bond donors (Lipinski definition) is 0. The second kappa shape index (κ2) is 9.61. The van der Waals surface area contributed by atoms with Crippen molar-refractivity contribution < 1.29 is 9.59 Å². The molecule has 162 valence electrons. The van der Waals surface area contributed by atoms with Gasteiger partial charge in [-0.2, -0.15) is 0 Å². The lowest BCUT2D eigenvalue weighted by molar-refractivity contribution is -0.131. The van der Waals surface area contributed by atoms with E-state index in [1.807, 2.05) is 37.9 Å². The molecule has 2 aliphatic heterocycles. The van der Waals surface area contributed by atoms with Crippen LogP contribution in [0.25, 0.3) is 0 Å². The maximum atomic E-state index is 12.8. The van der Waals surface area contributed by atoms with E-state index in [1.54, 1.807) is 4.90 Å². The zero-order valence-electron chi connectivity index (χ0n) is 18.9. The maximum Gasteiger partial charge on any atom is 0.223 e. The number of carbonyl (C=O) groups excluding carboxylic acids is 2. The molecule has 1 fully saturated rings. The third-order valence-corrected chi connectivity index (χ3v) is 6.70. The van der Waals surface area contributed by atoms with Crippen LogP contribution in [0.5, 0.6) is 0 Å². The number of fused-ring (bicyclic) bond motifs is 3. The fourth-order valence-corrected chi connectivity index (χ4v) is 5.06. The van der Waals surface area contributed by atoms with Crippen LogP contribution in [0.15, 0.2) is 59.0 Å². The summed E-state index contributed by atoms with van der Waals surface area (Å²) in [6, 6.07) is 0.310. The van der Waals surface area contributed by atoms with E-state index in [9.17, 15) is 9.59 Å². The van der Waals surface area contributed by atoms with Gasteiger partial charge >= 0.3 is 0 Å². The number of allylic oxidation sites excluding steroid dienone is 5. The summed E-state index contributed by atoms with van der Waals surface area (Å²) >= 11 is 0. The molecule has 1 aliphatic carbocycles. The van der Waals surface area contributed by atoms with Crippen LogP contribution in [0.3, 0.4) is 0 Å². The zero-order valence-corrected chi connectivity index (χ0v) is 18.9. The first-order valence-corrected chi connectivity index (χ1v) is 11.1. The van der Waals surface area contributed by atoms with E-state index in [0.717, 1.165) is 56.6 Å². The molecule has 2 unspecified atom stereocenters. The predicted molar refractivity (Wildman–Crippen MR) is 121 cm³/mol. The van der Waals surface area contributed by atoms with Crippen LogP contribution in [-0.2, 0) is 9.59 Å². The Morgan fingerprint density at radius 2 is 2.07 bits per heavy atom. The average Bonchev–Trinajstić information content (AvgIpc) is 2.72. The van der Waals surface area contributed by atoms with Gasteiger partial charge in [0.1, 0.15) is 0 Å². The molecule has 0 aromatic rings. The number of carbonyl (C=O) groups is 2. The van der Waals surface area contributed by atoms with Crippen LogP contribution >= 0.6 is 0 Å². The van der Waals surface area contributed by atoms with E-state index >= 15 is 0 Å². The number of rotatable bonds is 6. The monoisotopic (exact) mass is 409 g/mol. The molecule has 0 saturated heterocycles. The minimum Gasteiger partial charge on any atom is -0.343 e. The van der Waals surface area contributed by atoms with E-state index in [2.05, 4.69) is 30.7 Å². The first-order chi connectivity index (χ1) is 14.4. The van der Waals surface area contributed by atoms with Crippen molar-refractivity contribution in [1.29, 1.82) is 0 Å². The Balaban J connectivity index is 2.02. The van der Waals surface area contributed by atoms with Gasteiger partial charge in [0.2, 0.25) is 12.3 Å². The number of amides is 2. The number of hydrogen-bond acceptors (Lipinski definition) is 3. The summed E-state index contributed by atoms with van der Waals surface area (Å²) < 4.78 is 0. The Bertz CT molecular complexity index is 829. The van der Waals surface area contributed by atoms with Crippen LogP contribution in [0.1, 0.15) is 46.5 Å². The van der Waals surface area contributed by atoms with E-state index in [-0.39, 0.29) is 11.8 Å². The summed E-state index contributed by atoms with van der Waals surface area (Å²) in [7, 11) is 2.17. The van der Waals surface area contributed by atoms with Crippen LogP contribution in [0.2, 0.25) is 0 Å². The largest absolute Gasteiger partial charge is 0.343 e. The predicted octanol–water partition coefficient (Wildman–Crippen LogP) is 4.03. The molecule has 30 heavy (non-hydrogen) atoms. The topological polar surface area (TPSA) is 43.9 Å². The Morgan fingerprint density at radius 1 is 1.33 bits per heavy atom. The molecule has 2 bridgehead atoms. The highest BCUT2D eigenvalue weighted by Crippen LogP contribution is 2.42. The maximum absolute atomic E-state index is 12.8. The van der Waals surface area contributed by atoms with Crippen LogP contribution in [0, 0.1) is 5.92 Å². The lowest BCUT2D eigenvalue weighted by Gasteiger charge is -2.42. The molecule has 0 aromatic heterocycles. The third kappa shape index (κ3) is 4.36. The highest BCUT2D eigenvalue weighted by Gasteiger charge is 2.35. The summed E-state index contributed by atoms with van der Waals surface area (Å²) in [5, 5.41) is 0. The van der Waals surface area contributed by atoms with Gasteiger partial charge in [-0.25, -0.2) is 0 Å². The number of nitrogens with zero attached hydrogens (tertiary/aromatic N) is 3. The Labute approximate surface area is 181 Å². The van der Waals surface area contributed by atoms with Crippen molar-refractivity contribution in [2.75, 3.05) is 26.7 Å². The van der Waals surface area contributed by atoms with Crippen LogP contribution in [0.4, 0.5) is 0 Å². The molecule has 0 radical (unpaired) electrons. The second-order valence-corrected chi connectivity index (χ2v) is 8.50. The summed E-state index contributed by atoms with van der Waals surface area (Å²) in [6.45, 7) is 12.4. The highest BCUT2D eigenvalue weighted by atomic mass is 16.2.